The highest BCUT2D eigenvalue weighted by Crippen LogP contribution is 2.19. The first-order valence-corrected chi connectivity index (χ1v) is 8.02. The van der Waals surface area contributed by atoms with E-state index in [2.05, 4.69) is 26.2 Å². The second kappa shape index (κ2) is 8.12. The van der Waals surface area contributed by atoms with Crippen LogP contribution in [0.1, 0.15) is 44.0 Å². The zero-order valence-corrected chi connectivity index (χ0v) is 14.8. The summed E-state index contributed by atoms with van der Waals surface area (Å²) in [6, 6.07) is 2.95. The molecule has 0 saturated heterocycles. The number of pyridine rings is 1. The average molecular weight is 373 g/mol. The van der Waals surface area contributed by atoms with Gasteiger partial charge in [0.25, 0.3) is 0 Å². The summed E-state index contributed by atoms with van der Waals surface area (Å²) in [5, 5.41) is 3.40. The van der Waals surface area contributed by atoms with Gasteiger partial charge < -0.3 is 14.8 Å². The van der Waals surface area contributed by atoms with Gasteiger partial charge >= 0.3 is 5.97 Å². The number of aromatic nitrogens is 1. The fourth-order valence-electron chi connectivity index (χ4n) is 1.56. The molecule has 0 aliphatic carbocycles. The van der Waals surface area contributed by atoms with Gasteiger partial charge in [0, 0.05) is 17.8 Å². The van der Waals surface area contributed by atoms with Crippen LogP contribution < -0.4 is 10.1 Å². The molecule has 22 heavy (non-hydrogen) atoms. The normalized spacial score (nSPS) is 11.0. The quantitative estimate of drug-likeness (QED) is 0.612. The molecular formula is C15H21BrN2O4. The van der Waals surface area contributed by atoms with E-state index in [1.807, 2.05) is 0 Å². The first-order valence-electron chi connectivity index (χ1n) is 6.90. The number of ether oxygens (including phenoxy) is 2. The molecule has 1 heterocycles. The number of hydrogen-bond donors (Lipinski definition) is 1. The number of esters is 1. The van der Waals surface area contributed by atoms with Crippen molar-refractivity contribution in [2.24, 2.45) is 0 Å². The SMILES string of the molecule is COc1cc(C(=O)OC(C)(C)C)cc(NC(=O)CCCBr)n1. The van der Waals surface area contributed by atoms with E-state index in [9.17, 15) is 9.59 Å². The summed E-state index contributed by atoms with van der Waals surface area (Å²) < 4.78 is 10.4. The predicted molar refractivity (Wildman–Crippen MR) is 87.6 cm³/mol. The Hall–Kier alpha value is -1.63. The Balaban J connectivity index is 2.93. The number of nitrogens with one attached hydrogen (secondary N) is 1. The molecule has 0 unspecified atom stereocenters. The van der Waals surface area contributed by atoms with Crippen LogP contribution in [0.25, 0.3) is 0 Å². The topological polar surface area (TPSA) is 77.5 Å². The highest BCUT2D eigenvalue weighted by atomic mass is 79.9. The molecule has 7 heteroatoms. The number of rotatable bonds is 6. The van der Waals surface area contributed by atoms with Gasteiger partial charge in [0.1, 0.15) is 11.4 Å². The van der Waals surface area contributed by atoms with Gasteiger partial charge in [-0.3, -0.25) is 4.79 Å². The van der Waals surface area contributed by atoms with E-state index < -0.39 is 11.6 Å². The van der Waals surface area contributed by atoms with Crippen molar-refractivity contribution in [3.05, 3.63) is 17.7 Å². The maximum atomic E-state index is 12.1. The fourth-order valence-corrected chi connectivity index (χ4v) is 1.84. The number of anilines is 1. The average Bonchev–Trinajstić information content (AvgIpc) is 2.42. The number of hydrogen-bond acceptors (Lipinski definition) is 5. The Morgan fingerprint density at radius 1 is 1.32 bits per heavy atom. The third-order valence-electron chi connectivity index (χ3n) is 2.45. The number of amides is 1. The van der Waals surface area contributed by atoms with Crippen LogP contribution in [0, 0.1) is 0 Å². The molecule has 6 nitrogen and oxygen atoms in total. The van der Waals surface area contributed by atoms with Gasteiger partial charge in [-0.2, -0.15) is 4.98 Å². The number of halogens is 1. The predicted octanol–water partition coefficient (Wildman–Crippen LogP) is 3.16. The maximum Gasteiger partial charge on any atom is 0.338 e. The third kappa shape index (κ3) is 6.43. The first-order chi connectivity index (χ1) is 10.2. The zero-order chi connectivity index (χ0) is 16.8. The molecule has 0 bridgehead atoms. The van der Waals surface area contributed by atoms with Crippen molar-refractivity contribution >= 4 is 33.6 Å². The summed E-state index contributed by atoms with van der Waals surface area (Å²) >= 11 is 3.27. The van der Waals surface area contributed by atoms with Gasteiger partial charge in [0.05, 0.1) is 12.7 Å². The summed E-state index contributed by atoms with van der Waals surface area (Å²) in [6.45, 7) is 5.35. The van der Waals surface area contributed by atoms with E-state index in [0.29, 0.717) is 12.8 Å². The summed E-state index contributed by atoms with van der Waals surface area (Å²) in [5.41, 5.74) is -0.329. The van der Waals surface area contributed by atoms with E-state index in [-0.39, 0.29) is 23.2 Å². The molecule has 122 valence electrons. The lowest BCUT2D eigenvalue weighted by Gasteiger charge is -2.19. The maximum absolute atomic E-state index is 12.1. The number of alkyl halides is 1. The van der Waals surface area contributed by atoms with Gasteiger partial charge in [-0.1, -0.05) is 15.9 Å². The van der Waals surface area contributed by atoms with Crippen LogP contribution in [0.5, 0.6) is 5.88 Å². The van der Waals surface area contributed by atoms with E-state index in [1.54, 1.807) is 20.8 Å². The van der Waals surface area contributed by atoms with Crippen LogP contribution in [0.4, 0.5) is 5.82 Å². The summed E-state index contributed by atoms with van der Waals surface area (Å²) in [7, 11) is 1.44. The molecule has 1 N–H and O–H groups in total. The van der Waals surface area contributed by atoms with Crippen molar-refractivity contribution in [3.8, 4) is 5.88 Å². The van der Waals surface area contributed by atoms with Crippen molar-refractivity contribution in [1.29, 1.82) is 0 Å². The van der Waals surface area contributed by atoms with Crippen LogP contribution >= 0.6 is 15.9 Å². The molecule has 0 aliphatic heterocycles. The lowest BCUT2D eigenvalue weighted by molar-refractivity contribution is -0.116. The molecule has 0 radical (unpaired) electrons. The Labute approximate surface area is 138 Å². The number of nitrogens with zero attached hydrogens (tertiary/aromatic N) is 1. The second-order valence-electron chi connectivity index (χ2n) is 5.63. The fraction of sp³-hybridized carbons (Fsp3) is 0.533. The molecule has 1 aromatic rings. The molecule has 1 amide bonds. The minimum absolute atomic E-state index is 0.171. The van der Waals surface area contributed by atoms with E-state index in [4.69, 9.17) is 9.47 Å². The minimum Gasteiger partial charge on any atom is -0.481 e. The zero-order valence-electron chi connectivity index (χ0n) is 13.2. The number of carbonyl (C=O) groups excluding carboxylic acids is 2. The summed E-state index contributed by atoms with van der Waals surface area (Å²) in [6.07, 6.45) is 1.08. The Morgan fingerprint density at radius 3 is 2.55 bits per heavy atom. The highest BCUT2D eigenvalue weighted by molar-refractivity contribution is 9.09. The van der Waals surface area contributed by atoms with Crippen LogP contribution in [0.15, 0.2) is 12.1 Å². The molecule has 1 aromatic heterocycles. The van der Waals surface area contributed by atoms with Gasteiger partial charge in [0.15, 0.2) is 0 Å². The van der Waals surface area contributed by atoms with Crippen molar-refractivity contribution in [2.75, 3.05) is 17.8 Å². The Bertz CT molecular complexity index is 541. The standard InChI is InChI=1S/C15H21BrN2O4/c1-15(2,3)22-14(20)10-8-11(18-13(9-10)21-4)17-12(19)6-5-7-16/h8-9H,5-7H2,1-4H3,(H,17,18,19). The summed E-state index contributed by atoms with van der Waals surface area (Å²) in [5.74, 6) is -0.168. The highest BCUT2D eigenvalue weighted by Gasteiger charge is 2.19. The van der Waals surface area contributed by atoms with Gasteiger partial charge in [-0.05, 0) is 33.3 Å². The van der Waals surface area contributed by atoms with Crippen LogP contribution in [-0.4, -0.2) is 34.9 Å². The second-order valence-corrected chi connectivity index (χ2v) is 6.42. The van der Waals surface area contributed by atoms with Crippen molar-refractivity contribution in [3.63, 3.8) is 0 Å². The monoisotopic (exact) mass is 372 g/mol. The molecule has 0 aliphatic rings. The van der Waals surface area contributed by atoms with Crippen LogP contribution in [-0.2, 0) is 9.53 Å². The Morgan fingerprint density at radius 2 is 2.00 bits per heavy atom. The largest absolute Gasteiger partial charge is 0.481 e. The van der Waals surface area contributed by atoms with Crippen molar-refractivity contribution in [2.45, 2.75) is 39.2 Å². The molecule has 0 fully saturated rings. The first kappa shape index (κ1) is 18.4. The van der Waals surface area contributed by atoms with Gasteiger partial charge in [-0.25, -0.2) is 4.79 Å². The molecule has 0 atom stereocenters. The molecule has 0 saturated carbocycles. The van der Waals surface area contributed by atoms with Gasteiger partial charge in [0.2, 0.25) is 11.8 Å². The number of methoxy groups -OCH3 is 1. The van der Waals surface area contributed by atoms with Gasteiger partial charge in [-0.15, -0.1) is 0 Å². The molecular weight excluding hydrogens is 352 g/mol. The van der Waals surface area contributed by atoms with Crippen LogP contribution in [0.3, 0.4) is 0 Å². The molecule has 0 aromatic carbocycles. The third-order valence-corrected chi connectivity index (χ3v) is 3.01. The van der Waals surface area contributed by atoms with E-state index in [0.717, 1.165) is 5.33 Å². The van der Waals surface area contributed by atoms with Crippen molar-refractivity contribution < 1.29 is 19.1 Å². The van der Waals surface area contributed by atoms with E-state index >= 15 is 0 Å². The lowest BCUT2D eigenvalue weighted by Crippen LogP contribution is -2.24. The smallest absolute Gasteiger partial charge is 0.338 e. The Kier molecular flexibility index (Phi) is 6.80. The van der Waals surface area contributed by atoms with Crippen molar-refractivity contribution in [1.82, 2.24) is 4.98 Å². The lowest BCUT2D eigenvalue weighted by atomic mass is 10.2. The minimum atomic E-state index is -0.604. The molecule has 0 spiro atoms. The van der Waals surface area contributed by atoms with Crippen LogP contribution in [0.2, 0.25) is 0 Å². The molecule has 1 rings (SSSR count). The number of carbonyl (C=O) groups is 2. The summed E-state index contributed by atoms with van der Waals surface area (Å²) in [4.78, 5) is 28.0. The van der Waals surface area contributed by atoms with E-state index in [1.165, 1.54) is 19.2 Å².